The van der Waals surface area contributed by atoms with Gasteiger partial charge in [0, 0.05) is 6.54 Å². The Morgan fingerprint density at radius 3 is 2.91 bits per heavy atom. The normalized spacial score (nSPS) is 18.4. The van der Waals surface area contributed by atoms with Gasteiger partial charge in [-0.1, -0.05) is 0 Å². The van der Waals surface area contributed by atoms with E-state index >= 15 is 0 Å². The monoisotopic (exact) mass is 331 g/mol. The van der Waals surface area contributed by atoms with E-state index < -0.39 is 10.5 Å². The van der Waals surface area contributed by atoms with Crippen molar-refractivity contribution in [2.45, 2.75) is 32.2 Å². The molecule has 1 aromatic rings. The van der Waals surface area contributed by atoms with Gasteiger partial charge in [-0.25, -0.2) is 0 Å². The SMILES string of the molecule is CC(C)(C(=O)NCC1CCCNC1)n1cc([N+](=O)[O-])cn1.Cl. The summed E-state index contributed by atoms with van der Waals surface area (Å²) in [5.41, 5.74) is -1.08. The van der Waals surface area contributed by atoms with E-state index in [4.69, 9.17) is 0 Å². The minimum Gasteiger partial charge on any atom is -0.354 e. The molecule has 2 rings (SSSR count). The van der Waals surface area contributed by atoms with Crippen molar-refractivity contribution in [3.05, 3.63) is 22.5 Å². The Bertz CT molecular complexity index is 526. The number of carbonyl (C=O) groups excluding carboxylic acids is 1. The molecule has 1 saturated heterocycles. The third-order valence-corrected chi connectivity index (χ3v) is 3.86. The summed E-state index contributed by atoms with van der Waals surface area (Å²) >= 11 is 0. The minimum atomic E-state index is -0.962. The van der Waals surface area contributed by atoms with Crippen LogP contribution in [0.25, 0.3) is 0 Å². The zero-order valence-corrected chi connectivity index (χ0v) is 13.6. The van der Waals surface area contributed by atoms with Crippen molar-refractivity contribution in [3.8, 4) is 0 Å². The number of hydrogen-bond acceptors (Lipinski definition) is 5. The first-order chi connectivity index (χ1) is 9.91. The smallest absolute Gasteiger partial charge is 0.307 e. The number of hydrogen-bond donors (Lipinski definition) is 2. The summed E-state index contributed by atoms with van der Waals surface area (Å²) in [7, 11) is 0. The first-order valence-electron chi connectivity index (χ1n) is 7.10. The lowest BCUT2D eigenvalue weighted by atomic mass is 9.98. The topological polar surface area (TPSA) is 102 Å². The second-order valence-electron chi connectivity index (χ2n) is 5.88. The fourth-order valence-corrected chi connectivity index (χ4v) is 2.37. The molecule has 0 saturated carbocycles. The van der Waals surface area contributed by atoms with Gasteiger partial charge in [0.05, 0.1) is 4.92 Å². The average Bonchev–Trinajstić information content (AvgIpc) is 2.96. The second-order valence-corrected chi connectivity index (χ2v) is 5.88. The van der Waals surface area contributed by atoms with E-state index in [1.165, 1.54) is 10.9 Å². The standard InChI is InChI=1S/C13H21N5O3.ClH/c1-13(2,17-9-11(8-16-17)18(20)21)12(19)15-7-10-4-3-5-14-6-10;/h8-10,14H,3-7H2,1-2H3,(H,15,19);1H. The molecule has 0 bridgehead atoms. The van der Waals surface area contributed by atoms with Gasteiger partial charge in [-0.3, -0.25) is 19.6 Å². The third kappa shape index (κ3) is 4.17. The Labute approximate surface area is 135 Å². The Hall–Kier alpha value is -1.67. The van der Waals surface area contributed by atoms with Crippen LogP contribution in [-0.2, 0) is 10.3 Å². The Kier molecular flexibility index (Phi) is 6.31. The van der Waals surface area contributed by atoms with Gasteiger partial charge < -0.3 is 10.6 Å². The van der Waals surface area contributed by atoms with E-state index in [-0.39, 0.29) is 24.0 Å². The van der Waals surface area contributed by atoms with E-state index in [0.717, 1.165) is 32.1 Å². The first-order valence-corrected chi connectivity index (χ1v) is 7.10. The molecule has 0 radical (unpaired) electrons. The maximum Gasteiger partial charge on any atom is 0.307 e. The predicted octanol–water partition coefficient (Wildman–Crippen LogP) is 1.06. The van der Waals surface area contributed by atoms with Crippen molar-refractivity contribution in [1.29, 1.82) is 0 Å². The zero-order valence-electron chi connectivity index (χ0n) is 12.7. The zero-order chi connectivity index (χ0) is 15.5. The minimum absolute atomic E-state index is 0. The number of nitro groups is 1. The number of nitrogens with one attached hydrogen (secondary N) is 2. The molecule has 124 valence electrons. The molecule has 1 aromatic heterocycles. The molecule has 2 heterocycles. The maximum atomic E-state index is 12.3. The highest BCUT2D eigenvalue weighted by Gasteiger charge is 2.32. The van der Waals surface area contributed by atoms with Gasteiger partial charge in [0.25, 0.3) is 0 Å². The fourth-order valence-electron chi connectivity index (χ4n) is 2.37. The van der Waals surface area contributed by atoms with E-state index in [1.807, 2.05) is 0 Å². The van der Waals surface area contributed by atoms with Gasteiger partial charge in [0.1, 0.15) is 17.9 Å². The summed E-state index contributed by atoms with van der Waals surface area (Å²) in [5, 5.41) is 20.8. The molecule has 0 spiro atoms. The number of halogens is 1. The van der Waals surface area contributed by atoms with Gasteiger partial charge in [-0.2, -0.15) is 5.10 Å². The predicted molar refractivity (Wildman–Crippen MR) is 84.1 cm³/mol. The van der Waals surface area contributed by atoms with Crippen LogP contribution >= 0.6 is 12.4 Å². The molecular formula is C13H22ClN5O3. The van der Waals surface area contributed by atoms with E-state index in [1.54, 1.807) is 13.8 Å². The highest BCUT2D eigenvalue weighted by molar-refractivity contribution is 5.85. The molecule has 22 heavy (non-hydrogen) atoms. The van der Waals surface area contributed by atoms with Crippen molar-refractivity contribution in [1.82, 2.24) is 20.4 Å². The quantitative estimate of drug-likeness (QED) is 0.620. The summed E-state index contributed by atoms with van der Waals surface area (Å²) in [4.78, 5) is 22.5. The molecule has 1 aliphatic rings. The van der Waals surface area contributed by atoms with Crippen molar-refractivity contribution < 1.29 is 9.72 Å². The number of piperidine rings is 1. The van der Waals surface area contributed by atoms with Gasteiger partial charge in [-0.15, -0.1) is 12.4 Å². The molecule has 0 aliphatic carbocycles. The molecule has 0 aromatic carbocycles. The maximum absolute atomic E-state index is 12.3. The lowest BCUT2D eigenvalue weighted by Crippen LogP contribution is -2.47. The Morgan fingerprint density at radius 2 is 2.36 bits per heavy atom. The number of rotatable bonds is 5. The van der Waals surface area contributed by atoms with Crippen LogP contribution in [0.2, 0.25) is 0 Å². The summed E-state index contributed by atoms with van der Waals surface area (Å²) in [6.45, 7) is 5.94. The number of aromatic nitrogens is 2. The number of amides is 1. The molecule has 1 fully saturated rings. The molecule has 2 N–H and O–H groups in total. The van der Waals surface area contributed by atoms with Crippen LogP contribution in [0.4, 0.5) is 5.69 Å². The van der Waals surface area contributed by atoms with Crippen LogP contribution in [0.1, 0.15) is 26.7 Å². The van der Waals surface area contributed by atoms with Crippen LogP contribution in [0.5, 0.6) is 0 Å². The first kappa shape index (κ1) is 18.4. The summed E-state index contributed by atoms with van der Waals surface area (Å²) in [5.74, 6) is 0.247. The van der Waals surface area contributed by atoms with Crippen molar-refractivity contribution in [3.63, 3.8) is 0 Å². The van der Waals surface area contributed by atoms with Gasteiger partial charge in [0.15, 0.2) is 0 Å². The van der Waals surface area contributed by atoms with Gasteiger partial charge in [0.2, 0.25) is 5.91 Å². The Morgan fingerprint density at radius 1 is 1.64 bits per heavy atom. The second kappa shape index (κ2) is 7.55. The van der Waals surface area contributed by atoms with E-state index in [9.17, 15) is 14.9 Å². The highest BCUT2D eigenvalue weighted by Crippen LogP contribution is 2.19. The molecule has 8 nitrogen and oxygen atoms in total. The van der Waals surface area contributed by atoms with Gasteiger partial charge >= 0.3 is 5.69 Å². The summed E-state index contributed by atoms with van der Waals surface area (Å²) in [6.07, 6.45) is 4.65. The molecule has 1 aliphatic heterocycles. The molecule has 1 atom stereocenters. The fraction of sp³-hybridized carbons (Fsp3) is 0.692. The highest BCUT2D eigenvalue weighted by atomic mass is 35.5. The van der Waals surface area contributed by atoms with E-state index in [0.29, 0.717) is 12.5 Å². The van der Waals surface area contributed by atoms with Crippen LogP contribution in [0.15, 0.2) is 12.4 Å². The molecular weight excluding hydrogens is 310 g/mol. The molecule has 1 amide bonds. The molecule has 9 heteroatoms. The molecule has 1 unspecified atom stereocenters. The largest absolute Gasteiger partial charge is 0.354 e. The van der Waals surface area contributed by atoms with Crippen molar-refractivity contribution in [2.75, 3.05) is 19.6 Å². The van der Waals surface area contributed by atoms with Crippen LogP contribution in [0, 0.1) is 16.0 Å². The Balaban J connectivity index is 0.00000242. The average molecular weight is 332 g/mol. The van der Waals surface area contributed by atoms with E-state index in [2.05, 4.69) is 15.7 Å². The summed E-state index contributed by atoms with van der Waals surface area (Å²) < 4.78 is 1.33. The number of nitrogens with zero attached hydrogens (tertiary/aromatic N) is 3. The van der Waals surface area contributed by atoms with Crippen LogP contribution < -0.4 is 10.6 Å². The van der Waals surface area contributed by atoms with Crippen LogP contribution in [0.3, 0.4) is 0 Å². The van der Waals surface area contributed by atoms with Crippen molar-refractivity contribution in [2.24, 2.45) is 5.92 Å². The third-order valence-electron chi connectivity index (χ3n) is 3.86. The van der Waals surface area contributed by atoms with Crippen LogP contribution in [-0.4, -0.2) is 40.2 Å². The lowest BCUT2D eigenvalue weighted by Gasteiger charge is -2.27. The summed E-state index contributed by atoms with van der Waals surface area (Å²) in [6, 6.07) is 0. The lowest BCUT2D eigenvalue weighted by molar-refractivity contribution is -0.385. The van der Waals surface area contributed by atoms with Gasteiger partial charge in [-0.05, 0) is 45.7 Å². The van der Waals surface area contributed by atoms with Crippen molar-refractivity contribution >= 4 is 24.0 Å². The number of carbonyl (C=O) groups is 1.